The number of fused-ring (bicyclic) bond motifs is 1. The Morgan fingerprint density at radius 2 is 1.95 bits per heavy atom. The fourth-order valence-electron chi connectivity index (χ4n) is 5.33. The first-order valence-electron chi connectivity index (χ1n) is 12.8. The number of halogens is 3. The summed E-state index contributed by atoms with van der Waals surface area (Å²) in [6.45, 7) is 6.56. The Morgan fingerprint density at radius 3 is 2.52 bits per heavy atom. The molecule has 0 aliphatic carbocycles. The average Bonchev–Trinajstić information content (AvgIpc) is 3.53. The lowest BCUT2D eigenvalue weighted by molar-refractivity contribution is -0.143. The summed E-state index contributed by atoms with van der Waals surface area (Å²) in [5.74, 6) is 0.129. The Morgan fingerprint density at radius 1 is 1.23 bits per heavy atom. The summed E-state index contributed by atoms with van der Waals surface area (Å²) < 4.78 is 48.7. The van der Waals surface area contributed by atoms with Gasteiger partial charge in [-0.1, -0.05) is 0 Å². The highest BCUT2D eigenvalue weighted by Gasteiger charge is 2.40. The van der Waals surface area contributed by atoms with Crippen molar-refractivity contribution in [1.82, 2.24) is 24.4 Å². The molecule has 8 nitrogen and oxygen atoms in total. The predicted molar refractivity (Wildman–Crippen MR) is 146 cm³/mol. The van der Waals surface area contributed by atoms with E-state index in [1.165, 1.54) is 20.2 Å². The molecule has 4 heterocycles. The van der Waals surface area contributed by atoms with E-state index < -0.39 is 17.8 Å². The van der Waals surface area contributed by atoms with Crippen LogP contribution in [-0.4, -0.2) is 74.8 Å². The summed E-state index contributed by atoms with van der Waals surface area (Å²) >= 11 is 1.59. The molecular weight excluding hydrogens is 543 g/mol. The van der Waals surface area contributed by atoms with Gasteiger partial charge in [0.1, 0.15) is 11.3 Å². The van der Waals surface area contributed by atoms with Crippen molar-refractivity contribution >= 4 is 22.9 Å². The normalized spacial score (nSPS) is 17.4. The van der Waals surface area contributed by atoms with Gasteiger partial charge < -0.3 is 14.7 Å². The number of aliphatic hydroxyl groups excluding tert-OH is 1. The highest BCUT2D eigenvalue weighted by molar-refractivity contribution is 7.10. The van der Waals surface area contributed by atoms with Crippen molar-refractivity contribution in [2.24, 2.45) is 0 Å². The van der Waals surface area contributed by atoms with E-state index in [0.717, 1.165) is 15.0 Å². The molecule has 0 spiro atoms. The van der Waals surface area contributed by atoms with Gasteiger partial charge in [-0.25, -0.2) is 9.50 Å². The second-order valence-electron chi connectivity index (χ2n) is 10.0. The summed E-state index contributed by atoms with van der Waals surface area (Å²) in [6, 6.07) is 8.19. The zero-order valence-electron chi connectivity index (χ0n) is 22.6. The first-order valence-corrected chi connectivity index (χ1v) is 13.7. The number of aromatic nitrogens is 3. The molecule has 212 valence electrons. The Labute approximate surface area is 233 Å². The van der Waals surface area contributed by atoms with Crippen LogP contribution < -0.4 is 4.74 Å². The third-order valence-corrected chi connectivity index (χ3v) is 8.51. The number of carbonyl (C=O) groups excluding carboxylic acids is 1. The van der Waals surface area contributed by atoms with Gasteiger partial charge in [0.25, 0.3) is 5.91 Å². The standard InChI is InChI=1S/C28H30F3N5O3S/c1-16-11-23(40-15-16)22(14-37)34-9-10-35(17(2)13-34)27(38)21-12-32-36-25(28(29,30)31)18(3)24(33-26(21)36)19-5-7-20(39-4)8-6-19/h5-8,11-12,15,17,22,37H,9-10,13-14H2,1-4H3/t17-,22-/m1/s1. The average molecular weight is 574 g/mol. The molecule has 1 saturated heterocycles. The zero-order chi connectivity index (χ0) is 28.8. The second-order valence-corrected chi connectivity index (χ2v) is 11.0. The maximum Gasteiger partial charge on any atom is 0.433 e. The topological polar surface area (TPSA) is 83.2 Å². The van der Waals surface area contributed by atoms with E-state index in [1.54, 1.807) is 40.5 Å². The van der Waals surface area contributed by atoms with E-state index in [4.69, 9.17) is 4.74 Å². The number of ether oxygens (including phenoxy) is 1. The van der Waals surface area contributed by atoms with Crippen LogP contribution in [0, 0.1) is 13.8 Å². The zero-order valence-corrected chi connectivity index (χ0v) is 23.4. The highest BCUT2D eigenvalue weighted by Crippen LogP contribution is 2.37. The molecule has 1 aromatic carbocycles. The number of amides is 1. The third kappa shape index (κ3) is 5.06. The van der Waals surface area contributed by atoms with Crippen molar-refractivity contribution in [3.8, 4) is 17.0 Å². The number of carbonyl (C=O) groups is 1. The van der Waals surface area contributed by atoms with Crippen LogP contribution in [0.15, 0.2) is 41.9 Å². The molecule has 0 unspecified atom stereocenters. The van der Waals surface area contributed by atoms with E-state index in [0.29, 0.717) is 30.9 Å². The van der Waals surface area contributed by atoms with Crippen LogP contribution in [0.25, 0.3) is 16.9 Å². The second kappa shape index (κ2) is 10.8. The SMILES string of the molecule is COc1ccc(-c2nc3c(C(=O)N4CCN([C@H](CO)c5cc(C)cs5)C[C@H]4C)cnn3c(C(F)(F)F)c2C)cc1. The summed E-state index contributed by atoms with van der Waals surface area (Å²) in [5, 5.41) is 16.1. The van der Waals surface area contributed by atoms with Crippen molar-refractivity contribution in [2.75, 3.05) is 33.4 Å². The number of methoxy groups -OCH3 is 1. The molecule has 40 heavy (non-hydrogen) atoms. The molecule has 0 bridgehead atoms. The van der Waals surface area contributed by atoms with Gasteiger partial charge >= 0.3 is 6.18 Å². The van der Waals surface area contributed by atoms with Crippen LogP contribution >= 0.6 is 11.3 Å². The molecule has 12 heteroatoms. The number of hydrogen-bond donors (Lipinski definition) is 1. The summed E-state index contributed by atoms with van der Waals surface area (Å²) in [6.07, 6.45) is -3.56. The maximum atomic E-state index is 14.3. The molecular formula is C28H30F3N5O3S. The van der Waals surface area contributed by atoms with E-state index in [9.17, 15) is 23.1 Å². The molecule has 1 fully saturated rings. The van der Waals surface area contributed by atoms with Crippen LogP contribution in [0.4, 0.5) is 13.2 Å². The van der Waals surface area contributed by atoms with Gasteiger partial charge in [0.2, 0.25) is 0 Å². The highest BCUT2D eigenvalue weighted by atomic mass is 32.1. The van der Waals surface area contributed by atoms with Crippen LogP contribution in [0.3, 0.4) is 0 Å². The van der Waals surface area contributed by atoms with Gasteiger partial charge in [0, 0.05) is 41.7 Å². The van der Waals surface area contributed by atoms with Crippen LogP contribution in [0.1, 0.15) is 45.0 Å². The summed E-state index contributed by atoms with van der Waals surface area (Å²) in [7, 11) is 1.50. The molecule has 5 rings (SSSR count). The third-order valence-electron chi connectivity index (χ3n) is 7.36. The van der Waals surface area contributed by atoms with E-state index >= 15 is 0 Å². The van der Waals surface area contributed by atoms with Gasteiger partial charge in [-0.05, 0) is 62.0 Å². The maximum absolute atomic E-state index is 14.3. The number of piperazine rings is 1. The van der Waals surface area contributed by atoms with Gasteiger partial charge in [0.15, 0.2) is 11.3 Å². The van der Waals surface area contributed by atoms with Crippen molar-refractivity contribution in [3.63, 3.8) is 0 Å². The monoisotopic (exact) mass is 573 g/mol. The predicted octanol–water partition coefficient (Wildman–Crippen LogP) is 4.98. The van der Waals surface area contributed by atoms with Gasteiger partial charge in [-0.3, -0.25) is 9.69 Å². The minimum Gasteiger partial charge on any atom is -0.497 e. The quantitative estimate of drug-likeness (QED) is 0.350. The van der Waals surface area contributed by atoms with Crippen LogP contribution in [-0.2, 0) is 6.18 Å². The fourth-order valence-corrected chi connectivity index (χ4v) is 6.35. The first-order chi connectivity index (χ1) is 19.0. The molecule has 1 aliphatic heterocycles. The lowest BCUT2D eigenvalue weighted by atomic mass is 10.0. The Hall–Kier alpha value is -3.48. The lowest BCUT2D eigenvalue weighted by Gasteiger charge is -2.42. The molecule has 0 saturated carbocycles. The number of benzene rings is 1. The number of rotatable bonds is 6. The fraction of sp³-hybridized carbons (Fsp3) is 0.393. The van der Waals surface area contributed by atoms with E-state index in [1.807, 2.05) is 19.2 Å². The molecule has 1 amide bonds. The van der Waals surface area contributed by atoms with Gasteiger partial charge in [-0.15, -0.1) is 11.3 Å². The molecule has 2 atom stereocenters. The number of aryl methyl sites for hydroxylation is 1. The molecule has 1 aliphatic rings. The van der Waals surface area contributed by atoms with Gasteiger partial charge in [0.05, 0.1) is 31.6 Å². The van der Waals surface area contributed by atoms with E-state index in [2.05, 4.69) is 21.0 Å². The Bertz CT molecular complexity index is 1530. The molecule has 4 aromatic rings. The largest absolute Gasteiger partial charge is 0.497 e. The number of alkyl halides is 3. The number of hydrogen-bond acceptors (Lipinski definition) is 7. The summed E-state index contributed by atoms with van der Waals surface area (Å²) in [4.78, 5) is 23.1. The van der Waals surface area contributed by atoms with Crippen molar-refractivity contribution in [1.29, 1.82) is 0 Å². The molecule has 1 N–H and O–H groups in total. The minimum absolute atomic E-state index is 0.00755. The Kier molecular flexibility index (Phi) is 7.60. The Balaban J connectivity index is 1.49. The lowest BCUT2D eigenvalue weighted by Crippen LogP contribution is -2.55. The van der Waals surface area contributed by atoms with E-state index in [-0.39, 0.29) is 41.2 Å². The smallest absolute Gasteiger partial charge is 0.433 e. The van der Waals surface area contributed by atoms with Crippen molar-refractivity contribution < 1.29 is 27.8 Å². The number of thiophene rings is 1. The minimum atomic E-state index is -4.72. The number of aliphatic hydroxyl groups is 1. The van der Waals surface area contributed by atoms with Crippen LogP contribution in [0.2, 0.25) is 0 Å². The summed E-state index contributed by atoms with van der Waals surface area (Å²) in [5.41, 5.74) is 0.506. The van der Waals surface area contributed by atoms with Gasteiger partial charge in [-0.2, -0.15) is 18.3 Å². The first kappa shape index (κ1) is 28.1. The number of nitrogens with zero attached hydrogens (tertiary/aromatic N) is 5. The van der Waals surface area contributed by atoms with Crippen molar-refractivity contribution in [3.05, 3.63) is 69.2 Å². The molecule has 0 radical (unpaired) electrons. The van der Waals surface area contributed by atoms with Crippen molar-refractivity contribution in [2.45, 2.75) is 39.0 Å². The molecule has 3 aromatic heterocycles. The van der Waals surface area contributed by atoms with Crippen LogP contribution in [0.5, 0.6) is 5.75 Å².